The Balaban J connectivity index is 1.77. The van der Waals surface area contributed by atoms with Crippen molar-refractivity contribution in [3.63, 3.8) is 0 Å². The molecule has 1 aliphatic heterocycles. The van der Waals surface area contributed by atoms with E-state index in [0.29, 0.717) is 5.69 Å². The molecule has 0 saturated carbocycles. The summed E-state index contributed by atoms with van der Waals surface area (Å²) in [5.41, 5.74) is 1.05. The van der Waals surface area contributed by atoms with E-state index in [1.165, 1.54) is 11.3 Å². The summed E-state index contributed by atoms with van der Waals surface area (Å²) in [6.07, 6.45) is 1.88. The Kier molecular flexibility index (Phi) is 5.45. The van der Waals surface area contributed by atoms with Crippen molar-refractivity contribution in [2.45, 2.75) is 31.9 Å². The molecule has 0 bridgehead atoms. The number of benzene rings is 1. The number of carboxylic acids is 1. The van der Waals surface area contributed by atoms with Crippen molar-refractivity contribution in [2.75, 3.05) is 6.61 Å². The van der Waals surface area contributed by atoms with E-state index in [2.05, 4.69) is 10.3 Å². The molecule has 1 aromatic carbocycles. The molecule has 6 nitrogen and oxygen atoms in total. The van der Waals surface area contributed by atoms with Crippen molar-refractivity contribution in [1.82, 2.24) is 10.3 Å². The number of carbonyl (C=O) groups excluding carboxylic acids is 1. The molecule has 7 heteroatoms. The molecule has 1 amide bonds. The van der Waals surface area contributed by atoms with Gasteiger partial charge in [-0.1, -0.05) is 30.3 Å². The summed E-state index contributed by atoms with van der Waals surface area (Å²) in [7, 11) is 0. The van der Waals surface area contributed by atoms with Crippen LogP contribution in [0.5, 0.6) is 0 Å². The summed E-state index contributed by atoms with van der Waals surface area (Å²) in [4.78, 5) is 28.4. The van der Waals surface area contributed by atoms with Gasteiger partial charge in [0.15, 0.2) is 0 Å². The molecule has 132 valence electrons. The van der Waals surface area contributed by atoms with Gasteiger partial charge in [-0.15, -0.1) is 11.3 Å². The monoisotopic (exact) mass is 360 g/mol. The first kappa shape index (κ1) is 17.6. The second-order valence-corrected chi connectivity index (χ2v) is 6.95. The zero-order valence-electron chi connectivity index (χ0n) is 13.8. The van der Waals surface area contributed by atoms with E-state index < -0.39 is 17.9 Å². The molecule has 1 aliphatic rings. The SMILES string of the molecule is CC(C(=O)O)C(NC(=O)c1csc(C2CCCO2)n1)c1ccccc1. The molecule has 3 atom stereocenters. The Hall–Kier alpha value is -2.25. The first-order chi connectivity index (χ1) is 12.1. The molecule has 2 aromatic rings. The number of thiazole rings is 1. The number of hydrogen-bond acceptors (Lipinski definition) is 5. The molecule has 3 unspecified atom stereocenters. The zero-order chi connectivity index (χ0) is 17.8. The van der Waals surface area contributed by atoms with Crippen LogP contribution in [0.3, 0.4) is 0 Å². The van der Waals surface area contributed by atoms with Crippen molar-refractivity contribution in [1.29, 1.82) is 0 Å². The van der Waals surface area contributed by atoms with Gasteiger partial charge < -0.3 is 15.2 Å². The summed E-state index contributed by atoms with van der Waals surface area (Å²) in [6.45, 7) is 2.30. The number of carbonyl (C=O) groups is 2. The van der Waals surface area contributed by atoms with Crippen LogP contribution in [-0.4, -0.2) is 28.6 Å². The van der Waals surface area contributed by atoms with Crippen LogP contribution < -0.4 is 5.32 Å². The standard InChI is InChI=1S/C18H20N2O4S/c1-11(18(22)23)15(12-6-3-2-4-7-12)20-16(21)13-10-25-17(19-13)14-8-5-9-24-14/h2-4,6-7,10-11,14-15H,5,8-9H2,1H3,(H,20,21)(H,22,23). The zero-order valence-corrected chi connectivity index (χ0v) is 14.7. The fraction of sp³-hybridized carbons (Fsp3) is 0.389. The second-order valence-electron chi connectivity index (χ2n) is 6.06. The minimum absolute atomic E-state index is 0.0330. The maximum absolute atomic E-state index is 12.6. The Labute approximate surface area is 149 Å². The van der Waals surface area contributed by atoms with Gasteiger partial charge in [0.2, 0.25) is 0 Å². The molecular formula is C18H20N2O4S. The van der Waals surface area contributed by atoms with E-state index >= 15 is 0 Å². The largest absolute Gasteiger partial charge is 0.481 e. The van der Waals surface area contributed by atoms with E-state index in [-0.39, 0.29) is 12.0 Å². The molecule has 3 rings (SSSR count). The molecule has 1 fully saturated rings. The first-order valence-corrected chi connectivity index (χ1v) is 9.10. The van der Waals surface area contributed by atoms with Crippen molar-refractivity contribution < 1.29 is 19.4 Å². The maximum Gasteiger partial charge on any atom is 0.308 e. The topological polar surface area (TPSA) is 88.5 Å². The van der Waals surface area contributed by atoms with Crippen molar-refractivity contribution in [2.24, 2.45) is 5.92 Å². The Bertz CT molecular complexity index is 741. The highest BCUT2D eigenvalue weighted by atomic mass is 32.1. The molecule has 1 aromatic heterocycles. The van der Waals surface area contributed by atoms with E-state index in [9.17, 15) is 14.7 Å². The molecule has 0 spiro atoms. The fourth-order valence-electron chi connectivity index (χ4n) is 2.83. The van der Waals surface area contributed by atoms with Crippen LogP contribution in [0.2, 0.25) is 0 Å². The van der Waals surface area contributed by atoms with Crippen molar-refractivity contribution >= 4 is 23.2 Å². The highest BCUT2D eigenvalue weighted by Gasteiger charge is 2.28. The lowest BCUT2D eigenvalue weighted by Gasteiger charge is -2.22. The van der Waals surface area contributed by atoms with Crippen molar-refractivity contribution in [3.05, 3.63) is 52.0 Å². The van der Waals surface area contributed by atoms with Gasteiger partial charge >= 0.3 is 5.97 Å². The third kappa shape index (κ3) is 4.05. The molecule has 1 saturated heterocycles. The van der Waals surface area contributed by atoms with Gasteiger partial charge in [0, 0.05) is 12.0 Å². The fourth-order valence-corrected chi connectivity index (χ4v) is 3.71. The van der Waals surface area contributed by atoms with Crippen LogP contribution in [0.15, 0.2) is 35.7 Å². The number of rotatable bonds is 6. The minimum Gasteiger partial charge on any atom is -0.481 e. The molecule has 0 aliphatic carbocycles. The quantitative estimate of drug-likeness (QED) is 0.826. The summed E-state index contributed by atoms with van der Waals surface area (Å²) in [6, 6.07) is 8.48. The highest BCUT2D eigenvalue weighted by Crippen LogP contribution is 2.31. The highest BCUT2D eigenvalue weighted by molar-refractivity contribution is 7.09. The molecule has 2 heterocycles. The summed E-state index contributed by atoms with van der Waals surface area (Å²) >= 11 is 1.40. The molecule has 25 heavy (non-hydrogen) atoms. The molecule has 2 N–H and O–H groups in total. The van der Waals surface area contributed by atoms with Gasteiger partial charge in [0.1, 0.15) is 16.8 Å². The van der Waals surface area contributed by atoms with E-state index in [4.69, 9.17) is 4.74 Å². The number of nitrogens with zero attached hydrogens (tertiary/aromatic N) is 1. The summed E-state index contributed by atoms with van der Waals surface area (Å²) in [5.74, 6) is -2.10. The average molecular weight is 360 g/mol. The van der Waals surface area contributed by atoms with Crippen LogP contribution >= 0.6 is 11.3 Å². The van der Waals surface area contributed by atoms with Gasteiger partial charge in [0.05, 0.1) is 12.0 Å². The van der Waals surface area contributed by atoms with E-state index in [1.54, 1.807) is 12.3 Å². The number of amides is 1. The van der Waals surface area contributed by atoms with E-state index in [1.807, 2.05) is 30.3 Å². The number of ether oxygens (including phenoxy) is 1. The van der Waals surface area contributed by atoms with Crippen LogP contribution in [-0.2, 0) is 9.53 Å². The number of hydrogen-bond donors (Lipinski definition) is 2. The van der Waals surface area contributed by atoms with Crippen LogP contribution in [0.4, 0.5) is 0 Å². The first-order valence-electron chi connectivity index (χ1n) is 8.22. The van der Waals surface area contributed by atoms with Gasteiger partial charge in [-0.3, -0.25) is 9.59 Å². The van der Waals surface area contributed by atoms with Gasteiger partial charge in [-0.25, -0.2) is 4.98 Å². The van der Waals surface area contributed by atoms with Crippen LogP contribution in [0.1, 0.15) is 53.0 Å². The Morgan fingerprint density at radius 3 is 2.76 bits per heavy atom. The molecular weight excluding hydrogens is 340 g/mol. The minimum atomic E-state index is -0.965. The van der Waals surface area contributed by atoms with Gasteiger partial charge in [-0.2, -0.15) is 0 Å². The van der Waals surface area contributed by atoms with Gasteiger partial charge in [-0.05, 0) is 25.3 Å². The average Bonchev–Trinajstić information content (AvgIpc) is 3.30. The van der Waals surface area contributed by atoms with Crippen LogP contribution in [0.25, 0.3) is 0 Å². The third-order valence-electron chi connectivity index (χ3n) is 4.29. The number of carboxylic acid groups (broad SMARTS) is 1. The second kappa shape index (κ2) is 7.76. The normalized spacial score (nSPS) is 19.3. The number of aromatic nitrogens is 1. The number of aliphatic carboxylic acids is 1. The Morgan fingerprint density at radius 1 is 1.36 bits per heavy atom. The van der Waals surface area contributed by atoms with Crippen LogP contribution in [0, 0.1) is 5.92 Å². The predicted octanol–water partition coefficient (Wildman–Crippen LogP) is 3.19. The maximum atomic E-state index is 12.6. The van der Waals surface area contributed by atoms with E-state index in [0.717, 1.165) is 30.0 Å². The lowest BCUT2D eigenvalue weighted by atomic mass is 9.94. The van der Waals surface area contributed by atoms with Crippen molar-refractivity contribution in [3.8, 4) is 0 Å². The summed E-state index contributed by atoms with van der Waals surface area (Å²) < 4.78 is 5.59. The Morgan fingerprint density at radius 2 is 2.12 bits per heavy atom. The predicted molar refractivity (Wildman–Crippen MR) is 93.5 cm³/mol. The van der Waals surface area contributed by atoms with Gasteiger partial charge in [0.25, 0.3) is 5.91 Å². The number of nitrogens with one attached hydrogen (secondary N) is 1. The lowest BCUT2D eigenvalue weighted by molar-refractivity contribution is -0.142. The smallest absolute Gasteiger partial charge is 0.308 e. The lowest BCUT2D eigenvalue weighted by Crippen LogP contribution is -2.35. The molecule has 0 radical (unpaired) electrons. The third-order valence-corrected chi connectivity index (χ3v) is 5.23. The summed E-state index contributed by atoms with van der Waals surface area (Å²) in [5, 5.41) is 14.7.